The van der Waals surface area contributed by atoms with Crippen molar-refractivity contribution in [3.05, 3.63) is 96.1 Å². The van der Waals surface area contributed by atoms with E-state index in [0.717, 1.165) is 0 Å². The van der Waals surface area contributed by atoms with Crippen molar-refractivity contribution < 1.29 is 17.4 Å². The first kappa shape index (κ1) is 17.3. The summed E-state index contributed by atoms with van der Waals surface area (Å²) < 4.78 is 0. The molecule has 0 aliphatic carbocycles. The summed E-state index contributed by atoms with van der Waals surface area (Å²) in [5.41, 5.74) is 2.70. The van der Waals surface area contributed by atoms with Crippen LogP contribution in [0.1, 0.15) is 11.1 Å². The Balaban J connectivity index is 0.000000160. The van der Waals surface area contributed by atoms with Gasteiger partial charge in [-0.25, -0.2) is 0 Å². The minimum Gasteiger partial charge on any atom is -0.0616 e. The monoisotopic (exact) mass is 336 g/mol. The van der Waals surface area contributed by atoms with E-state index < -0.39 is 0 Å². The number of rotatable bonds is 0. The van der Waals surface area contributed by atoms with Crippen molar-refractivity contribution in [1.29, 1.82) is 0 Å². The molecule has 0 spiro atoms. The average Bonchev–Trinajstić information content (AvgIpc) is 2.57. The molecule has 0 aromatic heterocycles. The van der Waals surface area contributed by atoms with Crippen LogP contribution in [0.5, 0.6) is 0 Å². The molecule has 0 bridgehead atoms. The van der Waals surface area contributed by atoms with Crippen molar-refractivity contribution in [1.82, 2.24) is 0 Å². The van der Waals surface area contributed by atoms with Gasteiger partial charge in [-0.3, -0.25) is 0 Å². The first-order valence-corrected chi connectivity index (χ1v) is 7.64. The Kier molecular flexibility index (Phi) is 5.99. The Morgan fingerprint density at radius 2 is 0.783 bits per heavy atom. The van der Waals surface area contributed by atoms with Crippen LogP contribution in [-0.2, 0) is 17.4 Å². The zero-order valence-corrected chi connectivity index (χ0v) is 14.8. The Morgan fingerprint density at radius 1 is 0.435 bits per heavy atom. The van der Waals surface area contributed by atoms with Gasteiger partial charge in [0.05, 0.1) is 0 Å². The van der Waals surface area contributed by atoms with E-state index in [2.05, 4.69) is 98.8 Å². The van der Waals surface area contributed by atoms with Gasteiger partial charge >= 0.3 is 0 Å². The topological polar surface area (TPSA) is 0 Å². The quantitative estimate of drug-likeness (QED) is 0.354. The Bertz CT molecular complexity index is 822. The molecule has 0 aliphatic heterocycles. The second kappa shape index (κ2) is 7.97. The molecule has 1 heteroatoms. The molecule has 4 rings (SSSR count). The minimum atomic E-state index is 0. The maximum atomic E-state index is 2.16. The van der Waals surface area contributed by atoms with Crippen molar-refractivity contribution in [2.75, 3.05) is 0 Å². The van der Waals surface area contributed by atoms with Crippen LogP contribution >= 0.6 is 0 Å². The molecule has 0 unspecified atom stereocenters. The van der Waals surface area contributed by atoms with Crippen LogP contribution in [0.2, 0.25) is 0 Å². The fraction of sp³-hybridized carbons (Fsp3) is 0.0909. The number of hydrogen-bond donors (Lipinski definition) is 0. The van der Waals surface area contributed by atoms with E-state index in [1.54, 1.807) is 0 Å². The molecular weight excluding hydrogens is 316 g/mol. The fourth-order valence-electron chi connectivity index (χ4n) is 2.77. The molecule has 0 amide bonds. The summed E-state index contributed by atoms with van der Waals surface area (Å²) in [5, 5.41) is 5.37. The second-order valence-corrected chi connectivity index (χ2v) is 5.59. The number of fused-ring (bicyclic) bond motifs is 2. The van der Waals surface area contributed by atoms with Gasteiger partial charge in [0.2, 0.25) is 0 Å². The van der Waals surface area contributed by atoms with Crippen LogP contribution < -0.4 is 0 Å². The SMILES string of the molecule is Cc1cccc2ccccc12.Cc1cccc2ccccc12.[Cr]. The van der Waals surface area contributed by atoms with Crippen molar-refractivity contribution in [3.63, 3.8) is 0 Å². The predicted octanol–water partition coefficient (Wildman–Crippen LogP) is 6.29. The molecule has 0 aliphatic rings. The van der Waals surface area contributed by atoms with E-state index in [1.165, 1.54) is 32.7 Å². The Labute approximate surface area is 148 Å². The largest absolute Gasteiger partial charge is 0.0616 e. The van der Waals surface area contributed by atoms with Gasteiger partial charge in [-0.05, 0) is 46.5 Å². The molecular formula is C22H20Cr. The summed E-state index contributed by atoms with van der Waals surface area (Å²) in [6, 6.07) is 29.7. The second-order valence-electron chi connectivity index (χ2n) is 5.59. The van der Waals surface area contributed by atoms with Crippen LogP contribution in [0.4, 0.5) is 0 Å². The minimum absolute atomic E-state index is 0. The third-order valence-corrected chi connectivity index (χ3v) is 4.02. The normalized spacial score (nSPS) is 9.83. The predicted molar refractivity (Wildman–Crippen MR) is 97.4 cm³/mol. The van der Waals surface area contributed by atoms with Crippen LogP contribution in [0.15, 0.2) is 84.9 Å². The molecule has 0 fully saturated rings. The summed E-state index contributed by atoms with van der Waals surface area (Å²) in [6.07, 6.45) is 0. The van der Waals surface area contributed by atoms with Gasteiger partial charge in [0.15, 0.2) is 0 Å². The van der Waals surface area contributed by atoms with E-state index >= 15 is 0 Å². The van der Waals surface area contributed by atoms with Gasteiger partial charge in [-0.2, -0.15) is 0 Å². The molecule has 0 N–H and O–H groups in total. The number of benzene rings is 4. The Hall–Kier alpha value is -2.07. The zero-order chi connectivity index (χ0) is 15.4. The van der Waals surface area contributed by atoms with Crippen molar-refractivity contribution in [2.24, 2.45) is 0 Å². The molecule has 114 valence electrons. The van der Waals surface area contributed by atoms with Gasteiger partial charge in [-0.15, -0.1) is 0 Å². The van der Waals surface area contributed by atoms with Crippen LogP contribution in [0, 0.1) is 13.8 Å². The molecule has 0 saturated carbocycles. The van der Waals surface area contributed by atoms with Gasteiger partial charge in [0.25, 0.3) is 0 Å². The summed E-state index contributed by atoms with van der Waals surface area (Å²) in [6.45, 7) is 4.28. The van der Waals surface area contributed by atoms with E-state index in [9.17, 15) is 0 Å². The summed E-state index contributed by atoms with van der Waals surface area (Å²) in [5.74, 6) is 0. The van der Waals surface area contributed by atoms with E-state index in [0.29, 0.717) is 0 Å². The smallest absolute Gasteiger partial charge is 0 e. The molecule has 0 heterocycles. The maximum Gasteiger partial charge on any atom is 0 e. The summed E-state index contributed by atoms with van der Waals surface area (Å²) in [4.78, 5) is 0. The van der Waals surface area contributed by atoms with Crippen molar-refractivity contribution >= 4 is 21.5 Å². The number of aryl methyl sites for hydroxylation is 2. The first-order valence-electron chi connectivity index (χ1n) is 7.64. The van der Waals surface area contributed by atoms with E-state index in [1.807, 2.05) is 0 Å². The van der Waals surface area contributed by atoms with E-state index in [-0.39, 0.29) is 17.4 Å². The maximum absolute atomic E-state index is 2.16. The standard InChI is InChI=1S/2C11H10.Cr/c2*1-9-5-4-7-10-6-2-3-8-11(9)10;/h2*2-8H,1H3;. The van der Waals surface area contributed by atoms with Crippen LogP contribution in [0.25, 0.3) is 21.5 Å². The molecule has 0 nitrogen and oxygen atoms in total. The average molecular weight is 336 g/mol. The summed E-state index contributed by atoms with van der Waals surface area (Å²) >= 11 is 0. The van der Waals surface area contributed by atoms with Gasteiger partial charge in [0.1, 0.15) is 0 Å². The first-order chi connectivity index (χ1) is 10.8. The van der Waals surface area contributed by atoms with Crippen molar-refractivity contribution in [2.45, 2.75) is 13.8 Å². The fourth-order valence-corrected chi connectivity index (χ4v) is 2.77. The number of hydrogen-bond acceptors (Lipinski definition) is 0. The molecule has 0 saturated heterocycles. The Morgan fingerprint density at radius 3 is 1.17 bits per heavy atom. The van der Waals surface area contributed by atoms with Gasteiger partial charge in [0, 0.05) is 17.4 Å². The van der Waals surface area contributed by atoms with Gasteiger partial charge < -0.3 is 0 Å². The third kappa shape index (κ3) is 4.02. The van der Waals surface area contributed by atoms with Crippen molar-refractivity contribution in [3.8, 4) is 0 Å². The molecule has 23 heavy (non-hydrogen) atoms. The van der Waals surface area contributed by atoms with E-state index in [4.69, 9.17) is 0 Å². The molecule has 4 aromatic carbocycles. The molecule has 0 atom stereocenters. The molecule has 0 radical (unpaired) electrons. The van der Waals surface area contributed by atoms with Crippen LogP contribution in [0.3, 0.4) is 0 Å². The summed E-state index contributed by atoms with van der Waals surface area (Å²) in [7, 11) is 0. The third-order valence-electron chi connectivity index (χ3n) is 4.02. The van der Waals surface area contributed by atoms with Crippen LogP contribution in [-0.4, -0.2) is 0 Å². The van der Waals surface area contributed by atoms with Gasteiger partial charge in [-0.1, -0.05) is 84.9 Å². The zero-order valence-electron chi connectivity index (χ0n) is 13.5. The molecule has 4 aromatic rings.